The molecule has 4 bridgehead atoms. The number of benzene rings is 1. The average Bonchev–Trinajstić information content (AvgIpc) is 2.96. The number of nitrogens with zero attached hydrogens (tertiary/aromatic N) is 2. The predicted molar refractivity (Wildman–Crippen MR) is 79.5 cm³/mol. The maximum atomic E-state index is 13.0. The summed E-state index contributed by atoms with van der Waals surface area (Å²) in [6.07, 6.45) is 6.81. The highest BCUT2D eigenvalue weighted by Gasteiger charge is 2.50. The number of hydrogen-bond donors (Lipinski definition) is 0. The van der Waals surface area contributed by atoms with Crippen molar-refractivity contribution in [2.75, 3.05) is 0 Å². The molecule has 1 aromatic heterocycles. The lowest BCUT2D eigenvalue weighted by atomic mass is 9.52. The molecule has 114 valence electrons. The SMILES string of the molecule is Fc1ccc(-c2nnc(C3C4CC5CC(C4)CC3C5)o2)cc1. The summed E-state index contributed by atoms with van der Waals surface area (Å²) in [4.78, 5) is 0. The van der Waals surface area contributed by atoms with E-state index < -0.39 is 0 Å². The largest absolute Gasteiger partial charge is 0.420 e. The van der Waals surface area contributed by atoms with Crippen molar-refractivity contribution in [1.82, 2.24) is 10.2 Å². The zero-order valence-electron chi connectivity index (χ0n) is 12.4. The molecule has 4 heteroatoms. The van der Waals surface area contributed by atoms with Crippen molar-refractivity contribution in [3.05, 3.63) is 36.0 Å². The molecule has 22 heavy (non-hydrogen) atoms. The second-order valence-electron chi connectivity index (χ2n) is 7.41. The molecule has 0 unspecified atom stereocenters. The van der Waals surface area contributed by atoms with E-state index in [2.05, 4.69) is 10.2 Å². The zero-order valence-corrected chi connectivity index (χ0v) is 12.4. The maximum absolute atomic E-state index is 13.0. The Morgan fingerprint density at radius 3 is 2.14 bits per heavy atom. The minimum atomic E-state index is -0.246. The summed E-state index contributed by atoms with van der Waals surface area (Å²) in [6.45, 7) is 0. The number of aromatic nitrogens is 2. The summed E-state index contributed by atoms with van der Waals surface area (Å²) in [5, 5.41) is 8.56. The summed E-state index contributed by atoms with van der Waals surface area (Å²) in [5.41, 5.74) is 0.795. The summed E-state index contributed by atoms with van der Waals surface area (Å²) in [6, 6.07) is 6.26. The first-order valence-corrected chi connectivity index (χ1v) is 8.35. The maximum Gasteiger partial charge on any atom is 0.247 e. The summed E-state index contributed by atoms with van der Waals surface area (Å²) >= 11 is 0. The highest BCUT2D eigenvalue weighted by Crippen LogP contribution is 2.59. The van der Waals surface area contributed by atoms with E-state index in [9.17, 15) is 4.39 Å². The third-order valence-corrected chi connectivity index (χ3v) is 6.04. The lowest BCUT2D eigenvalue weighted by Crippen LogP contribution is -2.43. The van der Waals surface area contributed by atoms with Crippen LogP contribution in [0.25, 0.3) is 11.5 Å². The second-order valence-corrected chi connectivity index (χ2v) is 7.41. The molecule has 0 radical (unpaired) electrons. The van der Waals surface area contributed by atoms with Crippen molar-refractivity contribution >= 4 is 0 Å². The minimum Gasteiger partial charge on any atom is -0.420 e. The molecule has 2 aromatic rings. The van der Waals surface area contributed by atoms with Gasteiger partial charge in [0.1, 0.15) is 5.82 Å². The lowest BCUT2D eigenvalue weighted by Gasteiger charge is -2.53. The molecule has 0 amide bonds. The third kappa shape index (κ3) is 1.93. The minimum absolute atomic E-state index is 0.246. The normalized spacial score (nSPS) is 36.0. The van der Waals surface area contributed by atoms with Crippen molar-refractivity contribution in [2.45, 2.75) is 38.0 Å². The van der Waals surface area contributed by atoms with Crippen LogP contribution in [0, 0.1) is 29.5 Å². The molecule has 0 spiro atoms. The van der Waals surface area contributed by atoms with Gasteiger partial charge in [-0.3, -0.25) is 0 Å². The van der Waals surface area contributed by atoms with E-state index in [1.807, 2.05) is 0 Å². The van der Waals surface area contributed by atoms with Crippen molar-refractivity contribution < 1.29 is 8.81 Å². The Bertz CT molecular complexity index is 665. The monoisotopic (exact) mass is 298 g/mol. The fourth-order valence-corrected chi connectivity index (χ4v) is 5.41. The molecule has 0 aliphatic heterocycles. The van der Waals surface area contributed by atoms with E-state index in [0.29, 0.717) is 11.8 Å². The van der Waals surface area contributed by atoms with Crippen LogP contribution in [0.2, 0.25) is 0 Å². The van der Waals surface area contributed by atoms with Crippen LogP contribution in [0.1, 0.15) is 43.9 Å². The lowest BCUT2D eigenvalue weighted by molar-refractivity contribution is -0.0113. The third-order valence-electron chi connectivity index (χ3n) is 6.04. The van der Waals surface area contributed by atoms with Crippen LogP contribution < -0.4 is 0 Å². The molecular formula is C18H19FN2O. The highest BCUT2D eigenvalue weighted by atomic mass is 19.1. The van der Waals surface area contributed by atoms with Crippen LogP contribution in [0.15, 0.2) is 28.7 Å². The Labute approximate surface area is 128 Å². The molecule has 0 N–H and O–H groups in total. The molecule has 1 heterocycles. The van der Waals surface area contributed by atoms with Gasteiger partial charge < -0.3 is 4.42 Å². The van der Waals surface area contributed by atoms with Crippen molar-refractivity contribution in [3.8, 4) is 11.5 Å². The average molecular weight is 298 g/mol. The molecular weight excluding hydrogens is 279 g/mol. The Hall–Kier alpha value is -1.71. The number of hydrogen-bond acceptors (Lipinski definition) is 3. The van der Waals surface area contributed by atoms with Gasteiger partial charge in [-0.15, -0.1) is 10.2 Å². The van der Waals surface area contributed by atoms with Crippen LogP contribution in [0.4, 0.5) is 4.39 Å². The molecule has 1 aromatic carbocycles. The van der Waals surface area contributed by atoms with Gasteiger partial charge in [-0.2, -0.15) is 0 Å². The van der Waals surface area contributed by atoms with Gasteiger partial charge in [0.2, 0.25) is 11.8 Å². The molecule has 0 atom stereocenters. The van der Waals surface area contributed by atoms with Crippen LogP contribution in [-0.2, 0) is 0 Å². The van der Waals surface area contributed by atoms with Gasteiger partial charge in [0, 0.05) is 11.5 Å². The molecule has 4 saturated carbocycles. The van der Waals surface area contributed by atoms with E-state index in [1.165, 1.54) is 44.2 Å². The Morgan fingerprint density at radius 1 is 0.864 bits per heavy atom. The summed E-state index contributed by atoms with van der Waals surface area (Å²) in [5.74, 6) is 4.89. The Balaban J connectivity index is 1.46. The van der Waals surface area contributed by atoms with Gasteiger partial charge in [0.05, 0.1) is 0 Å². The summed E-state index contributed by atoms with van der Waals surface area (Å²) in [7, 11) is 0. The standard InChI is InChI=1S/C18H19FN2O/c19-15-3-1-12(2-4-15)17-20-21-18(22-17)16-13-6-10-5-11(8-13)9-14(16)7-10/h1-4,10-11,13-14,16H,5-9H2. The molecule has 4 fully saturated rings. The van der Waals surface area contributed by atoms with Crippen molar-refractivity contribution in [3.63, 3.8) is 0 Å². The topological polar surface area (TPSA) is 38.9 Å². The van der Waals surface area contributed by atoms with Crippen molar-refractivity contribution in [1.29, 1.82) is 0 Å². The van der Waals surface area contributed by atoms with Gasteiger partial charge in [-0.1, -0.05) is 0 Å². The van der Waals surface area contributed by atoms with Gasteiger partial charge in [-0.25, -0.2) is 4.39 Å². The van der Waals surface area contributed by atoms with Gasteiger partial charge in [-0.05, 0) is 80.0 Å². The van der Waals surface area contributed by atoms with E-state index in [4.69, 9.17) is 4.42 Å². The van der Waals surface area contributed by atoms with Crippen LogP contribution in [0.3, 0.4) is 0 Å². The molecule has 6 rings (SSSR count). The Morgan fingerprint density at radius 2 is 1.50 bits per heavy atom. The zero-order chi connectivity index (χ0) is 14.7. The number of rotatable bonds is 2. The van der Waals surface area contributed by atoms with Gasteiger partial charge in [0.15, 0.2) is 0 Å². The second kappa shape index (κ2) is 4.64. The molecule has 3 nitrogen and oxygen atoms in total. The van der Waals surface area contributed by atoms with Crippen molar-refractivity contribution in [2.24, 2.45) is 23.7 Å². The van der Waals surface area contributed by atoms with E-state index >= 15 is 0 Å². The first-order valence-electron chi connectivity index (χ1n) is 8.35. The fraction of sp³-hybridized carbons (Fsp3) is 0.556. The van der Waals surface area contributed by atoms with Gasteiger partial charge >= 0.3 is 0 Å². The van der Waals surface area contributed by atoms with E-state index in [0.717, 1.165) is 35.1 Å². The van der Waals surface area contributed by atoms with Crippen LogP contribution in [0.5, 0.6) is 0 Å². The van der Waals surface area contributed by atoms with Crippen LogP contribution >= 0.6 is 0 Å². The van der Waals surface area contributed by atoms with E-state index in [-0.39, 0.29) is 5.82 Å². The van der Waals surface area contributed by atoms with E-state index in [1.54, 1.807) is 12.1 Å². The highest BCUT2D eigenvalue weighted by molar-refractivity contribution is 5.52. The summed E-state index contributed by atoms with van der Waals surface area (Å²) < 4.78 is 19.0. The Kier molecular flexibility index (Phi) is 2.70. The first kappa shape index (κ1) is 12.8. The first-order chi connectivity index (χ1) is 10.8. The van der Waals surface area contributed by atoms with Gasteiger partial charge in [0.25, 0.3) is 0 Å². The molecule has 4 aliphatic carbocycles. The number of halogens is 1. The quantitative estimate of drug-likeness (QED) is 0.824. The predicted octanol–water partition coefficient (Wildman–Crippen LogP) is 4.42. The molecule has 4 aliphatic rings. The van der Waals surface area contributed by atoms with Crippen LogP contribution in [-0.4, -0.2) is 10.2 Å². The fourth-order valence-electron chi connectivity index (χ4n) is 5.41. The smallest absolute Gasteiger partial charge is 0.247 e. The molecule has 0 saturated heterocycles.